The first-order valence-corrected chi connectivity index (χ1v) is 7.44. The number of nitrogens with zero attached hydrogens (tertiary/aromatic N) is 1. The van der Waals surface area contributed by atoms with Crippen LogP contribution in [0.4, 0.5) is 13.2 Å². The van der Waals surface area contributed by atoms with Crippen molar-refractivity contribution in [1.82, 2.24) is 10.2 Å². The van der Waals surface area contributed by atoms with Crippen molar-refractivity contribution in [2.75, 3.05) is 26.2 Å². The van der Waals surface area contributed by atoms with E-state index in [1.807, 2.05) is 24.0 Å². The Hall–Kier alpha value is -0.300. The second kappa shape index (κ2) is 7.81. The molecule has 1 atom stereocenters. The molecule has 1 heterocycles. The van der Waals surface area contributed by atoms with Crippen LogP contribution in [0, 0.1) is 6.92 Å². The van der Waals surface area contributed by atoms with Gasteiger partial charge in [0.2, 0.25) is 0 Å². The quantitative estimate of drug-likeness (QED) is 0.841. The molecule has 0 amide bonds. The molecule has 1 aromatic carbocycles. The van der Waals surface area contributed by atoms with Gasteiger partial charge in [-0.2, -0.15) is 13.2 Å². The molecule has 1 aliphatic heterocycles. The van der Waals surface area contributed by atoms with Crippen LogP contribution in [-0.4, -0.2) is 37.3 Å². The van der Waals surface area contributed by atoms with Crippen LogP contribution < -0.4 is 5.32 Å². The van der Waals surface area contributed by atoms with Crippen molar-refractivity contribution in [2.24, 2.45) is 0 Å². The molecule has 1 N–H and O–H groups in total. The minimum absolute atomic E-state index is 0. The number of benzene rings is 1. The fourth-order valence-corrected chi connectivity index (χ4v) is 2.88. The first-order valence-electron chi connectivity index (χ1n) is 6.64. The monoisotopic (exact) mass is 386 g/mol. The van der Waals surface area contributed by atoms with Gasteiger partial charge in [-0.3, -0.25) is 4.90 Å². The summed E-state index contributed by atoms with van der Waals surface area (Å²) in [6, 6.07) is 4.88. The van der Waals surface area contributed by atoms with E-state index < -0.39 is 18.6 Å². The smallest absolute Gasteiger partial charge is 0.314 e. The minimum Gasteiger partial charge on any atom is -0.314 e. The summed E-state index contributed by atoms with van der Waals surface area (Å²) < 4.78 is 39.5. The summed E-state index contributed by atoms with van der Waals surface area (Å²) in [7, 11) is 0. The highest BCUT2D eigenvalue weighted by Crippen LogP contribution is 2.35. The van der Waals surface area contributed by atoms with Gasteiger partial charge in [0.25, 0.3) is 0 Å². The standard InChI is InChI=1S/C14H18BrF3N2.ClH/c1-10-2-3-11(8-12(10)15)13(9-14(16,17)18)20-6-4-19-5-7-20;/h2-3,8,13,19H,4-7,9H2,1H3;1H/t13-;/m1./s1. The molecule has 0 spiro atoms. The predicted octanol–water partition coefficient (Wildman–Crippen LogP) is 4.08. The van der Waals surface area contributed by atoms with E-state index in [0.717, 1.165) is 28.7 Å². The van der Waals surface area contributed by atoms with Crippen molar-refractivity contribution in [3.63, 3.8) is 0 Å². The topological polar surface area (TPSA) is 15.3 Å². The molecule has 0 aliphatic carbocycles. The zero-order valence-corrected chi connectivity index (χ0v) is 14.1. The first-order chi connectivity index (χ1) is 9.37. The van der Waals surface area contributed by atoms with Gasteiger partial charge in [-0.05, 0) is 24.1 Å². The lowest BCUT2D eigenvalue weighted by Crippen LogP contribution is -2.46. The average molecular weight is 388 g/mol. The lowest BCUT2D eigenvalue weighted by molar-refractivity contribution is -0.148. The normalized spacial score (nSPS) is 18.1. The molecule has 1 aromatic rings. The van der Waals surface area contributed by atoms with E-state index in [1.54, 1.807) is 6.07 Å². The van der Waals surface area contributed by atoms with E-state index in [-0.39, 0.29) is 12.4 Å². The highest BCUT2D eigenvalue weighted by molar-refractivity contribution is 9.10. The Balaban J connectivity index is 0.00000220. The van der Waals surface area contributed by atoms with Crippen LogP contribution in [0.2, 0.25) is 0 Å². The molecule has 7 heteroatoms. The van der Waals surface area contributed by atoms with Crippen LogP contribution in [0.5, 0.6) is 0 Å². The summed E-state index contributed by atoms with van der Waals surface area (Å²) in [5.41, 5.74) is 1.75. The van der Waals surface area contributed by atoms with Crippen molar-refractivity contribution in [3.8, 4) is 0 Å². The highest BCUT2D eigenvalue weighted by Gasteiger charge is 2.36. The van der Waals surface area contributed by atoms with Gasteiger partial charge in [-0.15, -0.1) is 12.4 Å². The zero-order chi connectivity index (χ0) is 14.8. The molecule has 0 unspecified atom stereocenters. The molecular weight excluding hydrogens is 369 g/mol. The van der Waals surface area contributed by atoms with E-state index in [9.17, 15) is 13.2 Å². The van der Waals surface area contributed by atoms with E-state index in [4.69, 9.17) is 0 Å². The second-order valence-electron chi connectivity index (χ2n) is 5.13. The van der Waals surface area contributed by atoms with Gasteiger partial charge in [-0.1, -0.05) is 28.1 Å². The molecule has 1 aliphatic rings. The molecule has 0 aromatic heterocycles. The number of alkyl halides is 3. The first kappa shape index (κ1) is 18.7. The Morgan fingerprint density at radius 3 is 2.43 bits per heavy atom. The van der Waals surface area contributed by atoms with E-state index in [2.05, 4.69) is 21.2 Å². The Labute approximate surface area is 137 Å². The van der Waals surface area contributed by atoms with Crippen LogP contribution in [0.25, 0.3) is 0 Å². The Bertz CT molecular complexity index is 462. The van der Waals surface area contributed by atoms with Gasteiger partial charge in [0.1, 0.15) is 0 Å². The second-order valence-corrected chi connectivity index (χ2v) is 5.98. The number of hydrogen-bond donors (Lipinski definition) is 1. The van der Waals surface area contributed by atoms with E-state index >= 15 is 0 Å². The summed E-state index contributed by atoms with van der Waals surface area (Å²) in [4.78, 5) is 1.92. The molecule has 2 rings (SSSR count). The fraction of sp³-hybridized carbons (Fsp3) is 0.571. The lowest BCUT2D eigenvalue weighted by Gasteiger charge is -2.35. The van der Waals surface area contributed by atoms with E-state index in [1.165, 1.54) is 0 Å². The number of piperazine rings is 1. The van der Waals surface area contributed by atoms with Crippen LogP contribution in [0.15, 0.2) is 22.7 Å². The summed E-state index contributed by atoms with van der Waals surface area (Å²) in [5.74, 6) is 0. The number of halogens is 5. The van der Waals surface area contributed by atoms with Crippen LogP contribution in [0.1, 0.15) is 23.6 Å². The predicted molar refractivity (Wildman–Crippen MR) is 84.0 cm³/mol. The maximum absolute atomic E-state index is 12.9. The van der Waals surface area contributed by atoms with E-state index in [0.29, 0.717) is 13.1 Å². The van der Waals surface area contributed by atoms with Crippen LogP contribution in [0.3, 0.4) is 0 Å². The van der Waals surface area contributed by atoms with Crippen LogP contribution >= 0.6 is 28.3 Å². The number of rotatable bonds is 3. The number of nitrogens with one attached hydrogen (secondary N) is 1. The van der Waals surface area contributed by atoms with Gasteiger partial charge < -0.3 is 5.32 Å². The molecule has 0 radical (unpaired) electrons. The van der Waals surface area contributed by atoms with Crippen molar-refractivity contribution in [2.45, 2.75) is 25.6 Å². The Morgan fingerprint density at radius 1 is 1.29 bits per heavy atom. The lowest BCUT2D eigenvalue weighted by atomic mass is 9.99. The maximum atomic E-state index is 12.9. The summed E-state index contributed by atoms with van der Waals surface area (Å²) in [6.07, 6.45) is -4.96. The SMILES string of the molecule is Cc1ccc([C@@H](CC(F)(F)F)N2CCNCC2)cc1Br.Cl. The molecule has 0 saturated carbocycles. The summed E-state index contributed by atoms with van der Waals surface area (Å²) >= 11 is 3.41. The molecule has 21 heavy (non-hydrogen) atoms. The highest BCUT2D eigenvalue weighted by atomic mass is 79.9. The maximum Gasteiger partial charge on any atom is 0.390 e. The van der Waals surface area contributed by atoms with Gasteiger partial charge in [0.15, 0.2) is 0 Å². The van der Waals surface area contributed by atoms with Gasteiger partial charge >= 0.3 is 6.18 Å². The summed E-state index contributed by atoms with van der Waals surface area (Å²) in [6.45, 7) is 4.69. The third-order valence-electron chi connectivity index (χ3n) is 3.60. The summed E-state index contributed by atoms with van der Waals surface area (Å²) in [5, 5.41) is 3.17. The zero-order valence-electron chi connectivity index (χ0n) is 11.7. The Morgan fingerprint density at radius 2 is 1.90 bits per heavy atom. The van der Waals surface area contributed by atoms with Crippen LogP contribution in [-0.2, 0) is 0 Å². The largest absolute Gasteiger partial charge is 0.390 e. The van der Waals surface area contributed by atoms with Crippen molar-refractivity contribution >= 4 is 28.3 Å². The molecule has 2 nitrogen and oxygen atoms in total. The minimum atomic E-state index is -4.16. The van der Waals surface area contributed by atoms with Gasteiger partial charge in [-0.25, -0.2) is 0 Å². The fourth-order valence-electron chi connectivity index (χ4n) is 2.49. The molecule has 120 valence electrons. The third kappa shape index (κ3) is 5.43. The van der Waals surface area contributed by atoms with Crippen molar-refractivity contribution in [1.29, 1.82) is 0 Å². The van der Waals surface area contributed by atoms with Gasteiger partial charge in [0, 0.05) is 36.7 Å². The van der Waals surface area contributed by atoms with Crippen molar-refractivity contribution < 1.29 is 13.2 Å². The number of aryl methyl sites for hydroxylation is 1. The molecule has 0 bridgehead atoms. The average Bonchev–Trinajstić information content (AvgIpc) is 2.39. The number of hydrogen-bond acceptors (Lipinski definition) is 2. The molecule has 1 saturated heterocycles. The molecular formula is C14H19BrClF3N2. The Kier molecular flexibility index (Phi) is 6.97. The van der Waals surface area contributed by atoms with Gasteiger partial charge in [0.05, 0.1) is 6.42 Å². The van der Waals surface area contributed by atoms with Crippen molar-refractivity contribution in [3.05, 3.63) is 33.8 Å². The molecule has 1 fully saturated rings. The third-order valence-corrected chi connectivity index (χ3v) is 4.45.